The molecule has 0 aliphatic rings. The van der Waals surface area contributed by atoms with Crippen LogP contribution in [0.4, 0.5) is 0 Å². The lowest BCUT2D eigenvalue weighted by Gasteiger charge is -2.13. The van der Waals surface area contributed by atoms with Gasteiger partial charge in [-0.1, -0.05) is 29.8 Å². The normalized spacial score (nSPS) is 12.2. The zero-order valence-corrected chi connectivity index (χ0v) is 13.5. The van der Waals surface area contributed by atoms with Crippen molar-refractivity contribution in [1.29, 1.82) is 0 Å². The van der Waals surface area contributed by atoms with E-state index in [-0.39, 0.29) is 12.5 Å². The van der Waals surface area contributed by atoms with Crippen LogP contribution in [0.25, 0.3) is 0 Å². The van der Waals surface area contributed by atoms with E-state index in [4.69, 9.17) is 11.6 Å². The highest BCUT2D eigenvalue weighted by Crippen LogP contribution is 2.21. The Morgan fingerprint density at radius 1 is 1.45 bits per heavy atom. The van der Waals surface area contributed by atoms with Crippen LogP contribution in [-0.2, 0) is 18.3 Å². The van der Waals surface area contributed by atoms with Gasteiger partial charge < -0.3 is 10.4 Å². The smallest absolute Gasteiger partial charge is 0.220 e. The standard InChI is InChI=1S/C16H20ClN3O2/c1-11-12(9-19-20(11)2)7-8-16(22)18-10-15(21)13-5-3-4-6-14(13)17/h3-6,9,15,21H,7-8,10H2,1-2H3,(H,18,22). The van der Waals surface area contributed by atoms with Gasteiger partial charge in [-0.05, 0) is 25.0 Å². The highest BCUT2D eigenvalue weighted by atomic mass is 35.5. The molecule has 2 aromatic rings. The summed E-state index contributed by atoms with van der Waals surface area (Å²) in [6.07, 6.45) is 1.97. The molecule has 1 amide bonds. The van der Waals surface area contributed by atoms with E-state index in [0.29, 0.717) is 23.4 Å². The molecule has 0 saturated carbocycles. The quantitative estimate of drug-likeness (QED) is 0.857. The van der Waals surface area contributed by atoms with Crippen molar-refractivity contribution in [2.45, 2.75) is 25.9 Å². The van der Waals surface area contributed by atoms with Crippen LogP contribution in [0.15, 0.2) is 30.5 Å². The molecular formula is C16H20ClN3O2. The fourth-order valence-corrected chi connectivity index (χ4v) is 2.45. The van der Waals surface area contributed by atoms with Gasteiger partial charge in [-0.2, -0.15) is 5.10 Å². The molecule has 1 unspecified atom stereocenters. The van der Waals surface area contributed by atoms with Crippen molar-refractivity contribution in [3.05, 3.63) is 52.3 Å². The number of amides is 1. The van der Waals surface area contributed by atoms with E-state index < -0.39 is 6.10 Å². The van der Waals surface area contributed by atoms with Crippen molar-refractivity contribution in [2.75, 3.05) is 6.54 Å². The van der Waals surface area contributed by atoms with Gasteiger partial charge in [-0.25, -0.2) is 0 Å². The Balaban J connectivity index is 1.80. The summed E-state index contributed by atoms with van der Waals surface area (Å²) in [7, 11) is 1.87. The molecule has 2 N–H and O–H groups in total. The second-order valence-corrected chi connectivity index (χ2v) is 5.63. The number of aliphatic hydroxyl groups is 1. The maximum atomic E-state index is 11.9. The summed E-state index contributed by atoms with van der Waals surface area (Å²) in [5, 5.41) is 17.4. The van der Waals surface area contributed by atoms with E-state index in [1.165, 1.54) is 0 Å². The highest BCUT2D eigenvalue weighted by molar-refractivity contribution is 6.31. The van der Waals surface area contributed by atoms with Gasteiger partial charge in [-0.15, -0.1) is 0 Å². The summed E-state index contributed by atoms with van der Waals surface area (Å²) in [4.78, 5) is 11.9. The Bertz CT molecular complexity index is 655. The number of carbonyl (C=O) groups is 1. The molecule has 2 rings (SSSR count). The molecule has 5 nitrogen and oxygen atoms in total. The Kier molecular flexibility index (Phi) is 5.57. The minimum Gasteiger partial charge on any atom is -0.387 e. The van der Waals surface area contributed by atoms with Gasteiger partial charge in [0, 0.05) is 36.3 Å². The van der Waals surface area contributed by atoms with Crippen molar-refractivity contribution < 1.29 is 9.90 Å². The number of nitrogens with zero attached hydrogens (tertiary/aromatic N) is 2. The molecule has 1 aromatic carbocycles. The summed E-state index contributed by atoms with van der Waals surface area (Å²) >= 11 is 6.01. The van der Waals surface area contributed by atoms with Crippen molar-refractivity contribution in [3.8, 4) is 0 Å². The van der Waals surface area contributed by atoms with Crippen molar-refractivity contribution in [2.24, 2.45) is 7.05 Å². The van der Waals surface area contributed by atoms with Gasteiger partial charge in [0.15, 0.2) is 0 Å². The monoisotopic (exact) mass is 321 g/mol. The molecule has 22 heavy (non-hydrogen) atoms. The fraction of sp³-hybridized carbons (Fsp3) is 0.375. The minimum absolute atomic E-state index is 0.102. The third-order valence-corrected chi connectivity index (χ3v) is 4.06. The van der Waals surface area contributed by atoms with Crippen LogP contribution in [0, 0.1) is 6.92 Å². The van der Waals surface area contributed by atoms with E-state index in [2.05, 4.69) is 10.4 Å². The maximum absolute atomic E-state index is 11.9. The minimum atomic E-state index is -0.808. The summed E-state index contributed by atoms with van der Waals surface area (Å²) in [6.45, 7) is 2.12. The topological polar surface area (TPSA) is 67.2 Å². The molecule has 0 fully saturated rings. The number of nitrogens with one attached hydrogen (secondary N) is 1. The average molecular weight is 322 g/mol. The lowest BCUT2D eigenvalue weighted by molar-refractivity contribution is -0.121. The number of rotatable bonds is 6. The zero-order chi connectivity index (χ0) is 16.1. The van der Waals surface area contributed by atoms with Gasteiger partial charge in [0.25, 0.3) is 0 Å². The van der Waals surface area contributed by atoms with Crippen LogP contribution < -0.4 is 5.32 Å². The van der Waals surface area contributed by atoms with Crippen LogP contribution in [0.5, 0.6) is 0 Å². The predicted molar refractivity (Wildman–Crippen MR) is 85.7 cm³/mol. The summed E-state index contributed by atoms with van der Waals surface area (Å²) in [6, 6.07) is 7.07. The Morgan fingerprint density at radius 3 is 2.82 bits per heavy atom. The van der Waals surface area contributed by atoms with Crippen LogP contribution in [0.1, 0.15) is 29.3 Å². The van der Waals surface area contributed by atoms with E-state index in [0.717, 1.165) is 11.3 Å². The number of aromatic nitrogens is 2. The molecular weight excluding hydrogens is 302 g/mol. The molecule has 1 atom stereocenters. The Hall–Kier alpha value is -1.85. The van der Waals surface area contributed by atoms with Crippen molar-refractivity contribution >= 4 is 17.5 Å². The van der Waals surface area contributed by atoms with E-state index >= 15 is 0 Å². The second-order valence-electron chi connectivity index (χ2n) is 5.22. The van der Waals surface area contributed by atoms with E-state index in [1.807, 2.05) is 14.0 Å². The molecule has 0 bridgehead atoms. The largest absolute Gasteiger partial charge is 0.387 e. The average Bonchev–Trinajstić information content (AvgIpc) is 2.82. The zero-order valence-electron chi connectivity index (χ0n) is 12.7. The third-order valence-electron chi connectivity index (χ3n) is 3.72. The van der Waals surface area contributed by atoms with Crippen molar-refractivity contribution in [3.63, 3.8) is 0 Å². The summed E-state index contributed by atoms with van der Waals surface area (Å²) in [5.74, 6) is -0.102. The molecule has 118 valence electrons. The Morgan fingerprint density at radius 2 is 2.18 bits per heavy atom. The molecule has 0 saturated heterocycles. The molecule has 6 heteroatoms. The van der Waals surface area contributed by atoms with Crippen LogP contribution >= 0.6 is 11.6 Å². The number of hydrogen-bond donors (Lipinski definition) is 2. The first-order valence-electron chi connectivity index (χ1n) is 7.15. The van der Waals surface area contributed by atoms with Crippen LogP contribution in [0.3, 0.4) is 0 Å². The number of benzene rings is 1. The predicted octanol–water partition coefficient (Wildman–Crippen LogP) is 2.16. The van der Waals surface area contributed by atoms with Gasteiger partial charge >= 0.3 is 0 Å². The highest BCUT2D eigenvalue weighted by Gasteiger charge is 2.13. The van der Waals surface area contributed by atoms with Gasteiger partial charge in [0.05, 0.1) is 12.3 Å². The molecule has 1 heterocycles. The number of halogens is 1. The van der Waals surface area contributed by atoms with Crippen LogP contribution in [-0.4, -0.2) is 27.3 Å². The third kappa shape index (κ3) is 4.08. The second kappa shape index (κ2) is 7.42. The summed E-state index contributed by atoms with van der Waals surface area (Å²) in [5.41, 5.74) is 2.74. The number of carbonyl (C=O) groups excluding carboxylic acids is 1. The number of aliphatic hydroxyl groups excluding tert-OH is 1. The van der Waals surface area contributed by atoms with Crippen LogP contribution in [0.2, 0.25) is 5.02 Å². The van der Waals surface area contributed by atoms with Gasteiger partial charge in [-0.3, -0.25) is 9.48 Å². The Labute approximate surface area is 134 Å². The fourth-order valence-electron chi connectivity index (χ4n) is 2.19. The van der Waals surface area contributed by atoms with Crippen molar-refractivity contribution in [1.82, 2.24) is 15.1 Å². The van der Waals surface area contributed by atoms with E-state index in [1.54, 1.807) is 35.1 Å². The molecule has 1 aromatic heterocycles. The van der Waals surface area contributed by atoms with Gasteiger partial charge in [0.1, 0.15) is 0 Å². The van der Waals surface area contributed by atoms with E-state index in [9.17, 15) is 9.90 Å². The SMILES string of the molecule is Cc1c(CCC(=O)NCC(O)c2ccccc2Cl)cnn1C. The lowest BCUT2D eigenvalue weighted by Crippen LogP contribution is -2.28. The first-order chi connectivity index (χ1) is 10.5. The first-order valence-corrected chi connectivity index (χ1v) is 7.53. The number of aryl methyl sites for hydroxylation is 2. The van der Waals surface area contributed by atoms with Gasteiger partial charge in [0.2, 0.25) is 5.91 Å². The molecule has 0 aliphatic carbocycles. The summed E-state index contributed by atoms with van der Waals surface area (Å²) < 4.78 is 1.79. The lowest BCUT2D eigenvalue weighted by atomic mass is 10.1. The maximum Gasteiger partial charge on any atom is 0.220 e. The molecule has 0 radical (unpaired) electrons. The molecule has 0 aliphatic heterocycles. The molecule has 0 spiro atoms. The first kappa shape index (κ1) is 16.5. The number of hydrogen-bond acceptors (Lipinski definition) is 3.